The predicted octanol–water partition coefficient (Wildman–Crippen LogP) is -0.998. The first kappa shape index (κ1) is 11.2. The van der Waals surface area contributed by atoms with Crippen LogP contribution in [0.4, 0.5) is 0 Å². The summed E-state index contributed by atoms with van der Waals surface area (Å²) in [7, 11) is 0. The van der Waals surface area contributed by atoms with E-state index in [0.717, 1.165) is 0 Å². The summed E-state index contributed by atoms with van der Waals surface area (Å²) in [5.74, 6) is 0. The maximum Gasteiger partial charge on any atom is -1.00 e. The van der Waals surface area contributed by atoms with Crippen LogP contribution in [0.2, 0.25) is 5.02 Å². The van der Waals surface area contributed by atoms with E-state index in [1.54, 1.807) is 0 Å². The van der Waals surface area contributed by atoms with Gasteiger partial charge in [0.1, 0.15) is 0 Å². The van der Waals surface area contributed by atoms with Gasteiger partial charge in [-0.25, -0.2) is 0 Å². The first-order valence-corrected chi connectivity index (χ1v) is 4.45. The summed E-state index contributed by atoms with van der Waals surface area (Å²) in [6.07, 6.45) is 0. The van der Waals surface area contributed by atoms with Crippen molar-refractivity contribution in [3.05, 3.63) is 0 Å². The van der Waals surface area contributed by atoms with Crippen LogP contribution in [0.1, 0.15) is 20.8 Å². The Labute approximate surface area is 73.1 Å². The zero-order valence-electron chi connectivity index (χ0n) is 5.29. The quantitative estimate of drug-likeness (QED) is 0.389. The molecule has 0 atom stereocenters. The molecule has 0 aliphatic carbocycles. The van der Waals surface area contributed by atoms with Crippen molar-refractivity contribution in [3.63, 3.8) is 0 Å². The number of hydrogen-bond donors (Lipinski definition) is 0. The van der Waals surface area contributed by atoms with E-state index in [1.807, 2.05) is 0 Å². The molecule has 0 aromatic heterocycles. The summed E-state index contributed by atoms with van der Waals surface area (Å²) in [4.78, 5) is 0. The molecule has 0 unspecified atom stereocenters. The number of halogens is 1. The van der Waals surface area contributed by atoms with Gasteiger partial charge in [0, 0.05) is 0 Å². The molecule has 0 nitrogen and oxygen atoms in total. The van der Waals surface area contributed by atoms with Gasteiger partial charge in [-0.15, -0.1) is 0 Å². The summed E-state index contributed by atoms with van der Waals surface area (Å²) in [5.41, 5.74) is 0.597. The summed E-state index contributed by atoms with van der Waals surface area (Å²) >= 11 is 1.43. The fourth-order valence-electron chi connectivity index (χ4n) is 0. The molecule has 0 aromatic rings. The minimum atomic E-state index is 0. The predicted molar refractivity (Wildman–Crippen MR) is 24.3 cm³/mol. The average molecular weight is 263 g/mol. The van der Waals surface area contributed by atoms with E-state index in [2.05, 4.69) is 20.8 Å². The molecule has 0 amide bonds. The number of hydrogen-bond acceptors (Lipinski definition) is 0. The monoisotopic (exact) mass is 262 g/mol. The Morgan fingerprint density at radius 3 is 1.43 bits per heavy atom. The summed E-state index contributed by atoms with van der Waals surface area (Å²) < 4.78 is 0. The molecule has 40 valence electrons. The second-order valence-corrected chi connectivity index (χ2v) is 3.86. The Bertz CT molecular complexity index is 37.8. The molecule has 7 heavy (non-hydrogen) atoms. The third-order valence-corrected chi connectivity index (χ3v) is 3.90. The van der Waals surface area contributed by atoms with E-state index in [1.165, 1.54) is 23.3 Å². The third-order valence-electron chi connectivity index (χ3n) is 0.750. The Morgan fingerprint density at radius 1 is 1.29 bits per heavy atom. The molecule has 0 aliphatic heterocycles. The van der Waals surface area contributed by atoms with Gasteiger partial charge in [0.05, 0.1) is 0 Å². The Hall–Kier alpha value is 1.35. The van der Waals surface area contributed by atoms with Crippen molar-refractivity contribution in [2.45, 2.75) is 25.8 Å². The van der Waals surface area contributed by atoms with Gasteiger partial charge in [0.15, 0.2) is 0 Å². The fourth-order valence-corrected chi connectivity index (χ4v) is 0. The smallest absolute Gasteiger partial charge is 1.00 e. The van der Waals surface area contributed by atoms with Crippen molar-refractivity contribution in [3.8, 4) is 0 Å². The maximum absolute atomic E-state index is 2.27. The summed E-state index contributed by atoms with van der Waals surface area (Å²) in [6.45, 7) is 6.82. The van der Waals surface area contributed by atoms with Gasteiger partial charge < -0.3 is 24.0 Å². The van der Waals surface area contributed by atoms with E-state index >= 15 is 0 Å². The zero-order chi connectivity index (χ0) is 5.21. The van der Waals surface area contributed by atoms with E-state index < -0.39 is 0 Å². The molecule has 0 rings (SSSR count). The molecule has 0 spiro atoms. The normalized spacial score (nSPS) is 10.4. The molecule has 2 heteroatoms. The minimum Gasteiger partial charge on any atom is -1.00 e. The Kier molecular flexibility index (Phi) is 6.80. The van der Waals surface area contributed by atoms with E-state index in [0.29, 0.717) is 5.41 Å². The molecule has 0 saturated carbocycles. The van der Waals surface area contributed by atoms with Crippen LogP contribution in [0.15, 0.2) is 0 Å². The van der Waals surface area contributed by atoms with Crippen molar-refractivity contribution in [2.24, 2.45) is 5.41 Å². The molecule has 0 heterocycles. The van der Waals surface area contributed by atoms with Gasteiger partial charge in [0.25, 0.3) is 0 Å². The van der Waals surface area contributed by atoms with Gasteiger partial charge in [-0.3, -0.25) is 0 Å². The van der Waals surface area contributed by atoms with Crippen molar-refractivity contribution < 1.29 is 42.3 Å². The van der Waals surface area contributed by atoms with Crippen LogP contribution in [0.5, 0.6) is 0 Å². The van der Waals surface area contributed by atoms with Crippen LogP contribution in [-0.2, 0) is 18.3 Å². The van der Waals surface area contributed by atoms with Crippen LogP contribution >= 0.6 is 0 Å². The molecule has 0 saturated heterocycles. The van der Waals surface area contributed by atoms with Crippen LogP contribution in [0, 0.1) is 5.41 Å². The second kappa shape index (κ2) is 4.25. The molecule has 0 N–H and O–H groups in total. The first-order chi connectivity index (χ1) is 2.56. The first-order valence-electron chi connectivity index (χ1n) is 2.35. The maximum atomic E-state index is 2.27. The van der Waals surface area contributed by atoms with E-state index in [9.17, 15) is 0 Å². The molecule has 0 bridgehead atoms. The van der Waals surface area contributed by atoms with E-state index in [-0.39, 0.29) is 24.0 Å². The molecule has 0 aromatic carbocycles. The van der Waals surface area contributed by atoms with Gasteiger partial charge in [-0.1, -0.05) is 0 Å². The SMILES string of the molecule is CC(C)(C)[CH2][Zn+].[I-]. The van der Waals surface area contributed by atoms with Crippen LogP contribution < -0.4 is 24.0 Å². The van der Waals surface area contributed by atoms with Gasteiger partial charge in [-0.05, 0) is 0 Å². The Balaban J connectivity index is 0. The van der Waals surface area contributed by atoms with Gasteiger partial charge in [-0.2, -0.15) is 0 Å². The fraction of sp³-hybridized carbons (Fsp3) is 1.00. The van der Waals surface area contributed by atoms with Crippen molar-refractivity contribution in [1.82, 2.24) is 0 Å². The molecule has 0 aliphatic rings. The Morgan fingerprint density at radius 2 is 1.43 bits per heavy atom. The summed E-state index contributed by atoms with van der Waals surface area (Å²) in [5, 5.41) is 1.40. The van der Waals surface area contributed by atoms with Gasteiger partial charge in [0.2, 0.25) is 0 Å². The molecular formula is C5H11IZn. The number of rotatable bonds is 0. The van der Waals surface area contributed by atoms with Crippen LogP contribution in [0.3, 0.4) is 0 Å². The second-order valence-electron chi connectivity index (χ2n) is 2.81. The summed E-state index contributed by atoms with van der Waals surface area (Å²) in [6, 6.07) is 0. The molecular weight excluding hydrogens is 252 g/mol. The molecule has 0 fully saturated rings. The van der Waals surface area contributed by atoms with Crippen LogP contribution in [0.25, 0.3) is 0 Å². The van der Waals surface area contributed by atoms with E-state index in [4.69, 9.17) is 0 Å². The average Bonchev–Trinajstić information content (AvgIpc) is 1.35. The standard InChI is InChI=1S/C5H11.HI.Zn/c1-5(2,3)4;;/h1H2,2-4H3;1H;/q;;+1/p-1. The minimum absolute atomic E-state index is 0. The van der Waals surface area contributed by atoms with Crippen molar-refractivity contribution >= 4 is 0 Å². The van der Waals surface area contributed by atoms with Crippen molar-refractivity contribution in [2.75, 3.05) is 0 Å². The largest absolute Gasteiger partial charge is 1.00 e. The molecule has 0 radical (unpaired) electrons. The van der Waals surface area contributed by atoms with Crippen LogP contribution in [-0.4, -0.2) is 0 Å². The third kappa shape index (κ3) is 11.1. The topological polar surface area (TPSA) is 0 Å². The zero-order valence-corrected chi connectivity index (χ0v) is 10.4. The van der Waals surface area contributed by atoms with Crippen molar-refractivity contribution in [1.29, 1.82) is 0 Å². The van der Waals surface area contributed by atoms with Gasteiger partial charge >= 0.3 is 49.5 Å².